The molecule has 1 amide bonds. The van der Waals surface area contributed by atoms with Crippen molar-refractivity contribution in [2.24, 2.45) is 0 Å². The van der Waals surface area contributed by atoms with Crippen LogP contribution in [-0.4, -0.2) is 43.0 Å². The third-order valence-electron chi connectivity index (χ3n) is 5.33. The average molecular weight is 403 g/mol. The summed E-state index contributed by atoms with van der Waals surface area (Å²) in [6.07, 6.45) is 5.62. The van der Waals surface area contributed by atoms with Crippen LogP contribution in [0.1, 0.15) is 41.6 Å². The third-order valence-corrected chi connectivity index (χ3v) is 5.33. The molecule has 0 saturated heterocycles. The van der Waals surface area contributed by atoms with Gasteiger partial charge in [0.25, 0.3) is 5.91 Å². The molecular weight excluding hydrogens is 382 g/mol. The molecule has 3 N–H and O–H groups in total. The zero-order valence-corrected chi connectivity index (χ0v) is 16.2. The number of hydrogen-bond donors (Lipinski definition) is 3. The monoisotopic (exact) mass is 403 g/mol. The van der Waals surface area contributed by atoms with E-state index in [9.17, 15) is 15.0 Å². The van der Waals surface area contributed by atoms with Crippen molar-refractivity contribution in [3.8, 4) is 28.9 Å². The number of nitriles is 1. The summed E-state index contributed by atoms with van der Waals surface area (Å²) in [5.74, 6) is 0.0910. The van der Waals surface area contributed by atoms with Crippen molar-refractivity contribution in [2.75, 3.05) is 0 Å². The smallest absolute Gasteiger partial charge is 0.253 e. The van der Waals surface area contributed by atoms with Crippen molar-refractivity contribution in [1.29, 1.82) is 5.26 Å². The van der Waals surface area contributed by atoms with Gasteiger partial charge in [-0.2, -0.15) is 15.0 Å². The average Bonchev–Trinajstić information content (AvgIpc) is 3.16. The fraction of sp³-hybridized carbons (Fsp3) is 0.273. The maximum absolute atomic E-state index is 12.4. The quantitative estimate of drug-likeness (QED) is 0.615. The Balaban J connectivity index is 1.48. The molecule has 2 heterocycles. The first-order valence-electron chi connectivity index (χ1n) is 9.78. The summed E-state index contributed by atoms with van der Waals surface area (Å²) in [6, 6.07) is 12.2. The van der Waals surface area contributed by atoms with Gasteiger partial charge in [0, 0.05) is 12.2 Å². The molecule has 1 fully saturated rings. The topological polar surface area (TPSA) is 124 Å². The molecule has 3 aromatic rings. The first-order chi connectivity index (χ1) is 14.5. The predicted octanol–water partition coefficient (Wildman–Crippen LogP) is 2.54. The Bertz CT molecular complexity index is 1080. The molecule has 1 saturated carbocycles. The first-order valence-corrected chi connectivity index (χ1v) is 9.78. The van der Waals surface area contributed by atoms with E-state index in [0.29, 0.717) is 35.3 Å². The van der Waals surface area contributed by atoms with Gasteiger partial charge in [0.2, 0.25) is 5.88 Å². The summed E-state index contributed by atoms with van der Waals surface area (Å²) in [5, 5.41) is 36.2. The minimum Gasteiger partial charge on any atom is -0.493 e. The van der Waals surface area contributed by atoms with Gasteiger partial charge in [-0.15, -0.1) is 0 Å². The summed E-state index contributed by atoms with van der Waals surface area (Å²) < 4.78 is 1.29. The highest BCUT2D eigenvalue weighted by Gasteiger charge is 2.21. The molecule has 0 radical (unpaired) electrons. The molecule has 8 heteroatoms. The standard InChI is InChI=1S/C22H21N5O3/c23-11-14-1-3-15(4-2-14)19-13-25-27(22(19)30)20-10-5-16(12-24-20)21(29)26-17-6-8-18(28)9-7-17/h1-5,10,12-13,17-18,28,30H,6-9H2,(H,26,29). The lowest BCUT2D eigenvalue weighted by Crippen LogP contribution is -2.38. The number of benzene rings is 1. The lowest BCUT2D eigenvalue weighted by molar-refractivity contribution is 0.0867. The number of nitrogens with one attached hydrogen (secondary N) is 1. The molecule has 0 unspecified atom stereocenters. The molecule has 4 rings (SSSR count). The van der Waals surface area contributed by atoms with Gasteiger partial charge in [-0.3, -0.25) is 4.79 Å². The van der Waals surface area contributed by atoms with Crippen LogP contribution in [0.4, 0.5) is 0 Å². The molecule has 0 aliphatic heterocycles. The van der Waals surface area contributed by atoms with Gasteiger partial charge in [-0.1, -0.05) is 12.1 Å². The Kier molecular flexibility index (Phi) is 5.46. The number of amides is 1. The van der Waals surface area contributed by atoms with E-state index in [2.05, 4.69) is 21.5 Å². The number of hydrogen-bond acceptors (Lipinski definition) is 6. The molecule has 2 aromatic heterocycles. The van der Waals surface area contributed by atoms with Crippen molar-refractivity contribution < 1.29 is 15.0 Å². The van der Waals surface area contributed by atoms with E-state index < -0.39 is 0 Å². The summed E-state index contributed by atoms with van der Waals surface area (Å²) >= 11 is 0. The molecule has 0 atom stereocenters. The SMILES string of the molecule is N#Cc1ccc(-c2cnn(-c3ccc(C(=O)NC4CCC(O)CC4)cn3)c2O)cc1. The number of aliphatic hydroxyl groups is 1. The molecule has 8 nitrogen and oxygen atoms in total. The predicted molar refractivity (Wildman–Crippen MR) is 109 cm³/mol. The molecule has 152 valence electrons. The number of aliphatic hydroxyl groups excluding tert-OH is 1. The zero-order chi connectivity index (χ0) is 21.1. The maximum atomic E-state index is 12.4. The second kappa shape index (κ2) is 8.35. The van der Waals surface area contributed by atoms with Crippen molar-refractivity contribution in [2.45, 2.75) is 37.8 Å². The van der Waals surface area contributed by atoms with Crippen LogP contribution in [0.15, 0.2) is 48.8 Å². The fourth-order valence-electron chi connectivity index (χ4n) is 3.57. The van der Waals surface area contributed by atoms with Crippen LogP contribution in [0, 0.1) is 11.3 Å². The summed E-state index contributed by atoms with van der Waals surface area (Å²) in [5.41, 5.74) is 2.20. The van der Waals surface area contributed by atoms with E-state index in [-0.39, 0.29) is 23.9 Å². The van der Waals surface area contributed by atoms with Gasteiger partial charge in [-0.05, 0) is 55.5 Å². The highest BCUT2D eigenvalue weighted by Crippen LogP contribution is 2.30. The van der Waals surface area contributed by atoms with Crippen molar-refractivity contribution in [3.05, 3.63) is 59.9 Å². The lowest BCUT2D eigenvalue weighted by atomic mass is 9.93. The minimum atomic E-state index is -0.268. The first kappa shape index (κ1) is 19.6. The van der Waals surface area contributed by atoms with Gasteiger partial charge < -0.3 is 15.5 Å². The number of rotatable bonds is 4. The fourth-order valence-corrected chi connectivity index (χ4v) is 3.57. The van der Waals surface area contributed by atoms with Crippen LogP contribution in [0.25, 0.3) is 16.9 Å². The summed E-state index contributed by atoms with van der Waals surface area (Å²) in [4.78, 5) is 16.7. The normalized spacial score (nSPS) is 18.5. The van der Waals surface area contributed by atoms with Gasteiger partial charge in [0.15, 0.2) is 5.82 Å². The van der Waals surface area contributed by atoms with E-state index in [1.165, 1.54) is 17.1 Å². The van der Waals surface area contributed by atoms with Gasteiger partial charge in [0.05, 0.1) is 35.1 Å². The molecule has 1 aliphatic rings. The van der Waals surface area contributed by atoms with E-state index in [0.717, 1.165) is 18.4 Å². The number of pyridine rings is 1. The Hall–Kier alpha value is -3.70. The molecule has 0 bridgehead atoms. The van der Waals surface area contributed by atoms with E-state index in [4.69, 9.17) is 5.26 Å². The number of carbonyl (C=O) groups excluding carboxylic acids is 1. The lowest BCUT2D eigenvalue weighted by Gasteiger charge is -2.26. The van der Waals surface area contributed by atoms with E-state index >= 15 is 0 Å². The van der Waals surface area contributed by atoms with Crippen molar-refractivity contribution in [3.63, 3.8) is 0 Å². The van der Waals surface area contributed by atoms with E-state index in [1.54, 1.807) is 36.4 Å². The van der Waals surface area contributed by atoms with Gasteiger partial charge >= 0.3 is 0 Å². The van der Waals surface area contributed by atoms with Crippen LogP contribution in [0.3, 0.4) is 0 Å². The molecule has 1 aliphatic carbocycles. The van der Waals surface area contributed by atoms with Gasteiger partial charge in [-0.25, -0.2) is 4.98 Å². The maximum Gasteiger partial charge on any atom is 0.253 e. The summed E-state index contributed by atoms with van der Waals surface area (Å²) in [7, 11) is 0. The van der Waals surface area contributed by atoms with Gasteiger partial charge in [0.1, 0.15) is 0 Å². The molecule has 30 heavy (non-hydrogen) atoms. The van der Waals surface area contributed by atoms with Crippen molar-refractivity contribution in [1.82, 2.24) is 20.1 Å². The molecule has 0 spiro atoms. The van der Waals surface area contributed by atoms with E-state index in [1.807, 2.05) is 0 Å². The highest BCUT2D eigenvalue weighted by atomic mass is 16.3. The zero-order valence-electron chi connectivity index (χ0n) is 16.2. The Morgan fingerprint density at radius 2 is 1.83 bits per heavy atom. The number of aromatic nitrogens is 3. The second-order valence-corrected chi connectivity index (χ2v) is 7.37. The van der Waals surface area contributed by atoms with Crippen LogP contribution in [0.5, 0.6) is 5.88 Å². The minimum absolute atomic E-state index is 0.0608. The number of aromatic hydroxyl groups is 1. The number of nitrogens with zero attached hydrogens (tertiary/aromatic N) is 4. The molecular formula is C22H21N5O3. The Morgan fingerprint density at radius 1 is 1.10 bits per heavy atom. The van der Waals surface area contributed by atoms with Crippen molar-refractivity contribution >= 4 is 5.91 Å². The highest BCUT2D eigenvalue weighted by molar-refractivity contribution is 5.94. The largest absolute Gasteiger partial charge is 0.493 e. The Labute approximate surface area is 173 Å². The van der Waals surface area contributed by atoms with Crippen LogP contribution in [-0.2, 0) is 0 Å². The number of carbonyl (C=O) groups is 1. The van der Waals surface area contributed by atoms with Crippen LogP contribution >= 0.6 is 0 Å². The van der Waals surface area contributed by atoms with Crippen LogP contribution < -0.4 is 5.32 Å². The van der Waals surface area contributed by atoms with Crippen LogP contribution in [0.2, 0.25) is 0 Å². The third kappa shape index (κ3) is 4.02. The Morgan fingerprint density at radius 3 is 2.47 bits per heavy atom. The second-order valence-electron chi connectivity index (χ2n) is 7.37. The summed E-state index contributed by atoms with van der Waals surface area (Å²) in [6.45, 7) is 0. The molecule has 1 aromatic carbocycles.